The van der Waals surface area contributed by atoms with Crippen LogP contribution in [-0.2, 0) is 6.54 Å². The monoisotopic (exact) mass is 307 g/mol. The maximum Gasteiger partial charge on any atom is 0.113 e. The summed E-state index contributed by atoms with van der Waals surface area (Å²) in [6, 6.07) is 16.5. The van der Waals surface area contributed by atoms with Gasteiger partial charge in [-0.2, -0.15) is 0 Å². The SMILES string of the molecule is NC(=S)c1ccc(Cn2c(C3CC3)nc3ccccc32)cc1. The van der Waals surface area contributed by atoms with E-state index in [0.29, 0.717) is 10.9 Å². The summed E-state index contributed by atoms with van der Waals surface area (Å²) in [5.74, 6) is 1.85. The Labute approximate surface area is 134 Å². The van der Waals surface area contributed by atoms with Crippen LogP contribution >= 0.6 is 12.2 Å². The van der Waals surface area contributed by atoms with Crippen LogP contribution in [0.15, 0.2) is 48.5 Å². The largest absolute Gasteiger partial charge is 0.389 e. The minimum Gasteiger partial charge on any atom is -0.389 e. The second-order valence-corrected chi connectivity index (χ2v) is 6.32. The van der Waals surface area contributed by atoms with Crippen LogP contribution in [-0.4, -0.2) is 14.5 Å². The van der Waals surface area contributed by atoms with Gasteiger partial charge >= 0.3 is 0 Å². The number of hydrogen-bond donors (Lipinski definition) is 1. The van der Waals surface area contributed by atoms with Crippen LogP contribution in [0, 0.1) is 0 Å². The zero-order valence-corrected chi connectivity index (χ0v) is 13.0. The summed E-state index contributed by atoms with van der Waals surface area (Å²) in [7, 11) is 0. The Morgan fingerprint density at radius 1 is 1.14 bits per heavy atom. The summed E-state index contributed by atoms with van der Waals surface area (Å²) in [4.78, 5) is 5.28. The van der Waals surface area contributed by atoms with Crippen molar-refractivity contribution in [1.29, 1.82) is 0 Å². The maximum atomic E-state index is 5.66. The zero-order valence-electron chi connectivity index (χ0n) is 12.2. The quantitative estimate of drug-likeness (QED) is 0.749. The Morgan fingerprint density at radius 3 is 2.55 bits per heavy atom. The minimum atomic E-state index is 0.443. The van der Waals surface area contributed by atoms with Crippen molar-refractivity contribution in [1.82, 2.24) is 9.55 Å². The summed E-state index contributed by atoms with van der Waals surface area (Å²) in [6.45, 7) is 0.837. The highest BCUT2D eigenvalue weighted by Gasteiger charge is 2.29. The Morgan fingerprint density at radius 2 is 1.86 bits per heavy atom. The molecule has 0 spiro atoms. The number of aromatic nitrogens is 2. The number of rotatable bonds is 4. The summed E-state index contributed by atoms with van der Waals surface area (Å²) in [6.07, 6.45) is 2.51. The lowest BCUT2D eigenvalue weighted by molar-refractivity contribution is 0.747. The molecule has 4 rings (SSSR count). The van der Waals surface area contributed by atoms with Gasteiger partial charge in [0.15, 0.2) is 0 Å². The van der Waals surface area contributed by atoms with Crippen LogP contribution in [0.2, 0.25) is 0 Å². The molecule has 1 aliphatic rings. The van der Waals surface area contributed by atoms with Crippen molar-refractivity contribution in [2.24, 2.45) is 5.73 Å². The molecule has 110 valence electrons. The topological polar surface area (TPSA) is 43.8 Å². The van der Waals surface area contributed by atoms with Gasteiger partial charge in [0, 0.05) is 18.0 Å². The molecule has 3 nitrogen and oxygen atoms in total. The van der Waals surface area contributed by atoms with E-state index < -0.39 is 0 Å². The standard InChI is InChI=1S/C18H17N3S/c19-17(22)13-7-5-12(6-8-13)11-21-16-4-2-1-3-15(16)20-18(21)14-9-10-14/h1-8,14H,9-11H2,(H2,19,22). The van der Waals surface area contributed by atoms with Crippen molar-refractivity contribution in [3.8, 4) is 0 Å². The first kappa shape index (κ1) is 13.5. The van der Waals surface area contributed by atoms with E-state index in [-0.39, 0.29) is 0 Å². The van der Waals surface area contributed by atoms with Gasteiger partial charge in [0.2, 0.25) is 0 Å². The highest BCUT2D eigenvalue weighted by molar-refractivity contribution is 7.80. The Bertz CT molecular complexity index is 844. The van der Waals surface area contributed by atoms with Crippen molar-refractivity contribution in [3.63, 3.8) is 0 Å². The molecule has 1 aliphatic carbocycles. The molecule has 2 aromatic carbocycles. The molecule has 0 saturated heterocycles. The van der Waals surface area contributed by atoms with Crippen LogP contribution in [0.1, 0.15) is 35.7 Å². The van der Waals surface area contributed by atoms with Crippen molar-refractivity contribution < 1.29 is 0 Å². The van der Waals surface area contributed by atoms with Gasteiger partial charge in [0.05, 0.1) is 11.0 Å². The lowest BCUT2D eigenvalue weighted by Gasteiger charge is -2.09. The lowest BCUT2D eigenvalue weighted by Crippen LogP contribution is -2.09. The summed E-state index contributed by atoms with van der Waals surface area (Å²) in [5.41, 5.74) is 10.1. The molecule has 4 heteroatoms. The van der Waals surface area contributed by atoms with Gasteiger partial charge in [0.25, 0.3) is 0 Å². The van der Waals surface area contributed by atoms with Gasteiger partial charge in [-0.3, -0.25) is 0 Å². The summed E-state index contributed by atoms with van der Waals surface area (Å²) in [5, 5.41) is 0. The van der Waals surface area contributed by atoms with Crippen LogP contribution in [0.3, 0.4) is 0 Å². The summed E-state index contributed by atoms with van der Waals surface area (Å²) < 4.78 is 2.35. The molecule has 0 atom stereocenters. The highest BCUT2D eigenvalue weighted by Crippen LogP contribution is 2.40. The normalized spacial score (nSPS) is 14.4. The Kier molecular flexibility index (Phi) is 3.19. The van der Waals surface area contributed by atoms with Crippen LogP contribution in [0.5, 0.6) is 0 Å². The lowest BCUT2D eigenvalue weighted by atomic mass is 10.1. The van der Waals surface area contributed by atoms with Crippen molar-refractivity contribution >= 4 is 28.2 Å². The number of thiocarbonyl (C=S) groups is 1. The number of fused-ring (bicyclic) bond motifs is 1. The van der Waals surface area contributed by atoms with E-state index in [9.17, 15) is 0 Å². The maximum absolute atomic E-state index is 5.66. The van der Waals surface area contributed by atoms with Gasteiger partial charge in [0.1, 0.15) is 10.8 Å². The van der Waals surface area contributed by atoms with E-state index in [2.05, 4.69) is 34.9 Å². The average molecular weight is 307 g/mol. The molecular weight excluding hydrogens is 290 g/mol. The molecule has 0 bridgehead atoms. The summed E-state index contributed by atoms with van der Waals surface area (Å²) >= 11 is 5.01. The van der Waals surface area contributed by atoms with Gasteiger partial charge in [-0.1, -0.05) is 48.6 Å². The average Bonchev–Trinajstić information content (AvgIpc) is 3.31. The number of para-hydroxylation sites is 2. The fourth-order valence-electron chi connectivity index (χ4n) is 2.87. The molecule has 1 saturated carbocycles. The molecule has 22 heavy (non-hydrogen) atoms. The fourth-order valence-corrected chi connectivity index (χ4v) is 3.01. The number of hydrogen-bond acceptors (Lipinski definition) is 2. The van der Waals surface area contributed by atoms with E-state index in [1.165, 1.54) is 29.7 Å². The smallest absolute Gasteiger partial charge is 0.113 e. The first-order valence-electron chi connectivity index (χ1n) is 7.56. The molecular formula is C18H17N3S. The number of imidazole rings is 1. The molecule has 0 radical (unpaired) electrons. The van der Waals surface area contributed by atoms with Crippen molar-refractivity contribution in [3.05, 3.63) is 65.5 Å². The Hall–Kier alpha value is -2.20. The Balaban J connectivity index is 1.73. The zero-order chi connectivity index (χ0) is 15.1. The fraction of sp³-hybridized carbons (Fsp3) is 0.222. The van der Waals surface area contributed by atoms with E-state index in [1.807, 2.05) is 18.2 Å². The second kappa shape index (κ2) is 5.21. The third kappa shape index (κ3) is 2.40. The van der Waals surface area contributed by atoms with Gasteiger partial charge < -0.3 is 10.3 Å². The molecule has 1 heterocycles. The molecule has 1 aromatic heterocycles. The van der Waals surface area contributed by atoms with Crippen LogP contribution in [0.4, 0.5) is 0 Å². The van der Waals surface area contributed by atoms with Crippen LogP contribution in [0.25, 0.3) is 11.0 Å². The molecule has 0 unspecified atom stereocenters. The minimum absolute atomic E-state index is 0.443. The third-order valence-electron chi connectivity index (χ3n) is 4.21. The molecule has 2 N–H and O–H groups in total. The number of nitrogens with zero attached hydrogens (tertiary/aromatic N) is 2. The van der Waals surface area contributed by atoms with Crippen LogP contribution < -0.4 is 5.73 Å². The van der Waals surface area contributed by atoms with Crippen molar-refractivity contribution in [2.45, 2.75) is 25.3 Å². The first-order valence-corrected chi connectivity index (χ1v) is 7.97. The number of benzene rings is 2. The highest BCUT2D eigenvalue weighted by atomic mass is 32.1. The molecule has 1 fully saturated rings. The van der Waals surface area contributed by atoms with Gasteiger partial charge in [-0.05, 0) is 30.5 Å². The van der Waals surface area contributed by atoms with E-state index in [4.69, 9.17) is 22.9 Å². The molecule has 3 aromatic rings. The van der Waals surface area contributed by atoms with Gasteiger partial charge in [-0.25, -0.2) is 4.98 Å². The van der Waals surface area contributed by atoms with E-state index >= 15 is 0 Å². The predicted octanol–water partition coefficient (Wildman–Crippen LogP) is 3.60. The third-order valence-corrected chi connectivity index (χ3v) is 4.44. The van der Waals surface area contributed by atoms with E-state index in [1.54, 1.807) is 0 Å². The second-order valence-electron chi connectivity index (χ2n) is 5.88. The number of nitrogens with two attached hydrogens (primary N) is 1. The van der Waals surface area contributed by atoms with E-state index in [0.717, 1.165) is 17.6 Å². The molecule has 0 amide bonds. The first-order chi connectivity index (χ1) is 10.7. The van der Waals surface area contributed by atoms with Gasteiger partial charge in [-0.15, -0.1) is 0 Å². The predicted molar refractivity (Wildman–Crippen MR) is 93.1 cm³/mol. The molecule has 0 aliphatic heterocycles. The van der Waals surface area contributed by atoms with Crippen molar-refractivity contribution in [2.75, 3.05) is 0 Å².